The average Bonchev–Trinajstić information content (AvgIpc) is 2.95. The fourth-order valence-corrected chi connectivity index (χ4v) is 3.75. The third-order valence-corrected chi connectivity index (χ3v) is 6.95. The molecule has 45 heavy (non-hydrogen) atoms. The van der Waals surface area contributed by atoms with Gasteiger partial charge in [-0.05, 0) is 34.1 Å². The van der Waals surface area contributed by atoms with E-state index >= 15 is 0 Å². The number of aliphatic hydroxyl groups excluding tert-OH is 1. The largest absolute Gasteiger partial charge is 0.513 e. The number of carbonyl (C=O) groups excluding carboxylic acids is 3. The van der Waals surface area contributed by atoms with Gasteiger partial charge in [0.2, 0.25) is 0 Å². The first-order chi connectivity index (χ1) is 20.5. The Morgan fingerprint density at radius 1 is 0.689 bits per heavy atom. The van der Waals surface area contributed by atoms with Gasteiger partial charge in [0.05, 0.1) is 27.9 Å². The number of phenols is 1. The second-order valence-electron chi connectivity index (χ2n) is 13.6. The standard InChI is InChI=1S/C18H26O6.C14H22O2.C2H3ClO2/c1-17(2,3)12-8-9-14(24-16(20)22-7)13(10-12)18(4,5)11-23-15(19)21-6;1-13(2,3)10-6-7-12(16)11(8-10)14(4,5)9-15;1-5-2(3)4/h8-10H,11H2,1-7H3;6-8,15-16H,9H2,1-5H3;1H3. The minimum Gasteiger partial charge on any atom is -0.508 e. The van der Waals surface area contributed by atoms with Crippen LogP contribution in [0.25, 0.3) is 0 Å². The van der Waals surface area contributed by atoms with Crippen LogP contribution in [-0.4, -0.2) is 62.5 Å². The highest BCUT2D eigenvalue weighted by Gasteiger charge is 2.30. The summed E-state index contributed by atoms with van der Waals surface area (Å²) < 4.78 is 23.3. The predicted molar refractivity (Wildman–Crippen MR) is 175 cm³/mol. The van der Waals surface area contributed by atoms with Crippen LogP contribution in [0.3, 0.4) is 0 Å². The molecule has 0 atom stereocenters. The van der Waals surface area contributed by atoms with E-state index in [9.17, 15) is 24.6 Å². The van der Waals surface area contributed by atoms with Crippen LogP contribution in [-0.2, 0) is 40.6 Å². The van der Waals surface area contributed by atoms with Gasteiger partial charge in [0.1, 0.15) is 18.1 Å². The number of aromatic hydroxyl groups is 1. The Morgan fingerprint density at radius 2 is 1.13 bits per heavy atom. The van der Waals surface area contributed by atoms with E-state index in [0.717, 1.165) is 16.7 Å². The van der Waals surface area contributed by atoms with Crippen LogP contribution >= 0.6 is 11.6 Å². The third-order valence-electron chi connectivity index (χ3n) is 6.80. The Bertz CT molecular complexity index is 1270. The molecule has 0 saturated carbocycles. The van der Waals surface area contributed by atoms with Gasteiger partial charge < -0.3 is 33.9 Å². The van der Waals surface area contributed by atoms with E-state index in [4.69, 9.17) is 9.47 Å². The van der Waals surface area contributed by atoms with E-state index in [-0.39, 0.29) is 29.8 Å². The van der Waals surface area contributed by atoms with Crippen LogP contribution in [0, 0.1) is 0 Å². The molecule has 0 aliphatic heterocycles. The van der Waals surface area contributed by atoms with Gasteiger partial charge in [0.15, 0.2) is 0 Å². The van der Waals surface area contributed by atoms with E-state index in [0.29, 0.717) is 5.75 Å². The molecule has 0 unspecified atom stereocenters. The molecule has 2 rings (SSSR count). The Morgan fingerprint density at radius 3 is 1.53 bits per heavy atom. The van der Waals surface area contributed by atoms with Crippen molar-refractivity contribution in [3.63, 3.8) is 0 Å². The zero-order chi connectivity index (χ0) is 35.4. The second-order valence-corrected chi connectivity index (χ2v) is 13.9. The Labute approximate surface area is 272 Å². The molecule has 0 aromatic heterocycles. The molecule has 2 aromatic carbocycles. The zero-order valence-corrected chi connectivity index (χ0v) is 29.7. The summed E-state index contributed by atoms with van der Waals surface area (Å²) in [6.07, 6.45) is -1.56. The van der Waals surface area contributed by atoms with Crippen molar-refractivity contribution < 1.29 is 48.3 Å². The maximum Gasteiger partial charge on any atom is 0.513 e. The lowest BCUT2D eigenvalue weighted by Gasteiger charge is -2.29. The number of hydrogen-bond donors (Lipinski definition) is 2. The summed E-state index contributed by atoms with van der Waals surface area (Å²) in [7, 11) is 3.72. The monoisotopic (exact) mass is 654 g/mol. The van der Waals surface area contributed by atoms with E-state index in [1.807, 2.05) is 52.0 Å². The van der Waals surface area contributed by atoms with Gasteiger partial charge in [0.25, 0.3) is 0 Å². The van der Waals surface area contributed by atoms with Crippen molar-refractivity contribution in [2.24, 2.45) is 0 Å². The molecule has 0 amide bonds. The van der Waals surface area contributed by atoms with Crippen molar-refractivity contribution in [1.82, 2.24) is 0 Å². The lowest BCUT2D eigenvalue weighted by atomic mass is 9.79. The molecule has 0 radical (unpaired) electrons. The molecule has 254 valence electrons. The Balaban J connectivity index is 0.000000790. The molecule has 0 saturated heterocycles. The quantitative estimate of drug-likeness (QED) is 0.136. The van der Waals surface area contributed by atoms with Crippen molar-refractivity contribution in [3.8, 4) is 11.5 Å². The van der Waals surface area contributed by atoms with Crippen molar-refractivity contribution in [1.29, 1.82) is 0 Å². The van der Waals surface area contributed by atoms with E-state index in [2.05, 4.69) is 67.4 Å². The number of rotatable bonds is 6. The molecular formula is C34H51ClO10. The minimum atomic E-state index is -0.801. The first-order valence-corrected chi connectivity index (χ1v) is 14.6. The van der Waals surface area contributed by atoms with Crippen molar-refractivity contribution in [2.75, 3.05) is 34.5 Å². The number of aliphatic hydroxyl groups is 1. The molecule has 10 nitrogen and oxygen atoms in total. The van der Waals surface area contributed by atoms with Gasteiger partial charge in [-0.15, -0.1) is 0 Å². The van der Waals surface area contributed by atoms with Gasteiger partial charge in [0, 0.05) is 33.6 Å². The molecular weight excluding hydrogens is 604 g/mol. The van der Waals surface area contributed by atoms with Crippen LogP contribution in [0.15, 0.2) is 36.4 Å². The van der Waals surface area contributed by atoms with Crippen molar-refractivity contribution in [3.05, 3.63) is 58.7 Å². The van der Waals surface area contributed by atoms with Crippen molar-refractivity contribution >= 4 is 29.3 Å². The molecule has 0 aliphatic carbocycles. The van der Waals surface area contributed by atoms with Gasteiger partial charge in [-0.1, -0.05) is 93.5 Å². The SMILES string of the molecule is CC(C)(C)c1ccc(O)c(C(C)(C)CO)c1.COC(=O)Cl.COC(=O)OCC(C)(C)c1cc(C(C)(C)C)ccc1OC(=O)OC. The van der Waals surface area contributed by atoms with Gasteiger partial charge in [-0.2, -0.15) is 0 Å². The van der Waals surface area contributed by atoms with Crippen LogP contribution in [0.4, 0.5) is 14.4 Å². The van der Waals surface area contributed by atoms with Crippen LogP contribution < -0.4 is 4.74 Å². The summed E-state index contributed by atoms with van der Waals surface area (Å²) >= 11 is 4.60. The first kappa shape index (κ1) is 41.5. The highest BCUT2D eigenvalue weighted by Crippen LogP contribution is 2.37. The average molecular weight is 655 g/mol. The fourth-order valence-electron chi connectivity index (χ4n) is 3.75. The molecule has 0 spiro atoms. The van der Waals surface area contributed by atoms with Gasteiger partial charge >= 0.3 is 17.7 Å². The zero-order valence-electron chi connectivity index (χ0n) is 28.9. The number of methoxy groups -OCH3 is 3. The lowest BCUT2D eigenvalue weighted by Crippen LogP contribution is -2.28. The smallest absolute Gasteiger partial charge is 0.508 e. The normalized spacial score (nSPS) is 11.5. The van der Waals surface area contributed by atoms with Crippen LogP contribution in [0.5, 0.6) is 11.5 Å². The van der Waals surface area contributed by atoms with Gasteiger partial charge in [-0.25, -0.2) is 14.4 Å². The maximum atomic E-state index is 11.5. The van der Waals surface area contributed by atoms with E-state index in [1.165, 1.54) is 26.9 Å². The highest BCUT2D eigenvalue weighted by molar-refractivity contribution is 6.61. The summed E-state index contributed by atoms with van der Waals surface area (Å²) in [5, 5.41) is 19.2. The number of hydrogen-bond acceptors (Lipinski definition) is 10. The summed E-state index contributed by atoms with van der Waals surface area (Å²) in [5.74, 6) is 0.625. The molecule has 0 heterocycles. The third kappa shape index (κ3) is 14.0. The van der Waals surface area contributed by atoms with E-state index < -0.39 is 28.6 Å². The van der Waals surface area contributed by atoms with Crippen LogP contribution in [0.1, 0.15) is 91.5 Å². The van der Waals surface area contributed by atoms with Crippen LogP contribution in [0.2, 0.25) is 0 Å². The number of carbonyl (C=O) groups is 3. The molecule has 0 bridgehead atoms. The number of benzene rings is 2. The molecule has 0 fully saturated rings. The second kappa shape index (κ2) is 17.3. The maximum absolute atomic E-state index is 11.5. The molecule has 2 aromatic rings. The number of ether oxygens (including phenoxy) is 5. The lowest BCUT2D eigenvalue weighted by molar-refractivity contribution is 0.0571. The van der Waals surface area contributed by atoms with Gasteiger partial charge in [-0.3, -0.25) is 0 Å². The Hall–Kier alpha value is -3.50. The fraction of sp³-hybridized carbons (Fsp3) is 0.559. The number of halogens is 1. The predicted octanol–water partition coefficient (Wildman–Crippen LogP) is 8.14. The highest BCUT2D eigenvalue weighted by atomic mass is 35.5. The topological polar surface area (TPSA) is 138 Å². The molecule has 0 aliphatic rings. The summed E-state index contributed by atoms with van der Waals surface area (Å²) in [5.41, 5.74) is 1.97. The molecule has 2 N–H and O–H groups in total. The first-order valence-electron chi connectivity index (χ1n) is 14.3. The Kier molecular flexibility index (Phi) is 15.9. The van der Waals surface area contributed by atoms with E-state index in [1.54, 1.807) is 12.1 Å². The number of phenolic OH excluding ortho intramolecular Hbond substituents is 1. The summed E-state index contributed by atoms with van der Waals surface area (Å²) in [4.78, 5) is 32.1. The minimum absolute atomic E-state index is 0.0220. The summed E-state index contributed by atoms with van der Waals surface area (Å²) in [6, 6.07) is 11.2. The van der Waals surface area contributed by atoms with Crippen molar-refractivity contribution in [2.45, 2.75) is 90.9 Å². The summed E-state index contributed by atoms with van der Waals surface area (Å²) in [6.45, 7) is 20.4. The molecule has 11 heteroatoms.